The molecule has 0 nitrogen and oxygen atoms in total. The SMILES string of the molecule is C(CC1CC(CC2CS2)CC(CC2CS2)C1)CC1CC(CC2CS2)CC(CC2CS2)C1. The van der Waals surface area contributed by atoms with Crippen LogP contribution in [0.15, 0.2) is 0 Å². The lowest BCUT2D eigenvalue weighted by Gasteiger charge is -2.37. The molecule has 0 radical (unpaired) electrons. The van der Waals surface area contributed by atoms with Crippen molar-refractivity contribution in [3.8, 4) is 0 Å². The maximum Gasteiger partial charge on any atom is 0.0141 e. The van der Waals surface area contributed by atoms with Gasteiger partial charge in [-0.25, -0.2) is 0 Å². The van der Waals surface area contributed by atoms with E-state index >= 15 is 0 Å². The van der Waals surface area contributed by atoms with E-state index in [9.17, 15) is 0 Å². The van der Waals surface area contributed by atoms with Gasteiger partial charge in [-0.1, -0.05) is 19.3 Å². The predicted molar refractivity (Wildman–Crippen MR) is 146 cm³/mol. The maximum absolute atomic E-state index is 2.24. The van der Waals surface area contributed by atoms with E-state index in [1.54, 1.807) is 83.5 Å². The van der Waals surface area contributed by atoms with Gasteiger partial charge in [-0.2, -0.15) is 47.0 Å². The fraction of sp³-hybridized carbons (Fsp3) is 1.00. The van der Waals surface area contributed by atoms with Gasteiger partial charge in [-0.05, 0) is 99.7 Å². The third-order valence-corrected chi connectivity index (χ3v) is 13.2. The third-order valence-electron chi connectivity index (χ3n) is 9.22. The van der Waals surface area contributed by atoms with Crippen LogP contribution in [-0.2, 0) is 0 Å². The van der Waals surface area contributed by atoms with Crippen LogP contribution in [0.25, 0.3) is 0 Å². The highest BCUT2D eigenvalue weighted by atomic mass is 32.2. The van der Waals surface area contributed by atoms with Crippen molar-refractivity contribution in [2.24, 2.45) is 35.5 Å². The molecule has 6 aliphatic rings. The summed E-state index contributed by atoms with van der Waals surface area (Å²) in [6.07, 6.45) is 20.6. The Kier molecular flexibility index (Phi) is 7.79. The van der Waals surface area contributed by atoms with Crippen molar-refractivity contribution in [1.82, 2.24) is 0 Å². The summed E-state index contributed by atoms with van der Waals surface area (Å²) < 4.78 is 0. The summed E-state index contributed by atoms with van der Waals surface area (Å²) in [5.41, 5.74) is 0. The maximum atomic E-state index is 2.24. The van der Waals surface area contributed by atoms with Gasteiger partial charge < -0.3 is 0 Å². The minimum Gasteiger partial charge on any atom is -0.157 e. The van der Waals surface area contributed by atoms with E-state index in [1.807, 2.05) is 0 Å². The van der Waals surface area contributed by atoms with Gasteiger partial charge in [-0.3, -0.25) is 0 Å². The van der Waals surface area contributed by atoms with E-state index in [2.05, 4.69) is 47.0 Å². The summed E-state index contributed by atoms with van der Waals surface area (Å²) in [4.78, 5) is 0. The average molecular weight is 497 g/mol. The molecule has 0 aromatic carbocycles. The molecule has 8 atom stereocenters. The summed E-state index contributed by atoms with van der Waals surface area (Å²) in [6, 6.07) is 0. The zero-order valence-electron chi connectivity index (χ0n) is 19.4. The van der Waals surface area contributed by atoms with E-state index in [0.717, 1.165) is 56.5 Å². The molecule has 0 N–H and O–H groups in total. The molecule has 2 saturated carbocycles. The molecule has 0 aromatic heterocycles. The van der Waals surface area contributed by atoms with Crippen molar-refractivity contribution >= 4 is 47.0 Å². The first-order chi connectivity index (χ1) is 15.2. The van der Waals surface area contributed by atoms with Crippen molar-refractivity contribution in [3.63, 3.8) is 0 Å². The molecule has 8 unspecified atom stereocenters. The molecule has 4 heteroatoms. The van der Waals surface area contributed by atoms with Crippen molar-refractivity contribution in [3.05, 3.63) is 0 Å². The standard InChI is InChI=1S/C27H44S4/c1(2-18-4-20(10-24-14-28-24)8-21(5-18)11-25-15-29-25)3-19-6-22(12-26-16-30-26)9-23(7-19)13-27-17-31-27/h18-27H,1-17H2. The van der Waals surface area contributed by atoms with Crippen LogP contribution in [0.4, 0.5) is 0 Å². The lowest BCUT2D eigenvalue weighted by Crippen LogP contribution is -2.26. The fourth-order valence-electron chi connectivity index (χ4n) is 7.65. The van der Waals surface area contributed by atoms with E-state index in [0.29, 0.717) is 0 Å². The normalized spacial score (nSPS) is 48.4. The number of rotatable bonds is 12. The lowest BCUT2D eigenvalue weighted by molar-refractivity contribution is 0.154. The Morgan fingerprint density at radius 2 is 0.645 bits per heavy atom. The summed E-state index contributed by atoms with van der Waals surface area (Å²) in [6.45, 7) is 0. The Labute approximate surface area is 209 Å². The molecule has 6 rings (SSSR count). The smallest absolute Gasteiger partial charge is 0.0141 e. The molecule has 0 aromatic rings. The molecule has 31 heavy (non-hydrogen) atoms. The second-order valence-corrected chi connectivity index (χ2v) is 17.6. The fourth-order valence-corrected chi connectivity index (χ4v) is 10.4. The van der Waals surface area contributed by atoms with Crippen molar-refractivity contribution < 1.29 is 0 Å². The van der Waals surface area contributed by atoms with Crippen LogP contribution >= 0.6 is 47.0 Å². The van der Waals surface area contributed by atoms with Crippen molar-refractivity contribution in [2.45, 2.75) is 104 Å². The van der Waals surface area contributed by atoms with Gasteiger partial charge in [0.1, 0.15) is 0 Å². The minimum atomic E-state index is 1.06. The Hall–Kier alpha value is 1.40. The highest BCUT2D eigenvalue weighted by Crippen LogP contribution is 2.49. The zero-order chi connectivity index (χ0) is 20.6. The molecule has 4 saturated heterocycles. The molecule has 4 heterocycles. The number of hydrogen-bond donors (Lipinski definition) is 0. The first-order valence-electron chi connectivity index (χ1n) is 13.7. The number of thioether (sulfide) groups is 4. The molecular formula is C27H44S4. The van der Waals surface area contributed by atoms with E-state index in [-0.39, 0.29) is 0 Å². The molecule has 0 spiro atoms. The van der Waals surface area contributed by atoms with Gasteiger partial charge in [0.15, 0.2) is 0 Å². The predicted octanol–water partition coefficient (Wildman–Crippen LogP) is 8.24. The largest absolute Gasteiger partial charge is 0.157 e. The third kappa shape index (κ3) is 7.69. The average Bonchev–Trinajstić information content (AvgIpc) is 3.57. The lowest BCUT2D eigenvalue weighted by atomic mass is 9.69. The van der Waals surface area contributed by atoms with Crippen LogP contribution in [0.1, 0.15) is 83.5 Å². The van der Waals surface area contributed by atoms with Crippen LogP contribution in [0, 0.1) is 35.5 Å². The van der Waals surface area contributed by atoms with Crippen LogP contribution in [0.3, 0.4) is 0 Å². The molecular weight excluding hydrogens is 453 g/mol. The summed E-state index contributed by atoms with van der Waals surface area (Å²) in [5, 5.41) is 4.24. The van der Waals surface area contributed by atoms with Crippen LogP contribution in [-0.4, -0.2) is 44.0 Å². The highest BCUT2D eigenvalue weighted by Gasteiger charge is 2.38. The Bertz CT molecular complexity index is 486. The van der Waals surface area contributed by atoms with Crippen LogP contribution in [0.5, 0.6) is 0 Å². The van der Waals surface area contributed by atoms with Crippen molar-refractivity contribution in [2.75, 3.05) is 23.0 Å². The molecule has 2 aliphatic carbocycles. The summed E-state index contributed by atoms with van der Waals surface area (Å²) >= 11 is 8.95. The van der Waals surface area contributed by atoms with Gasteiger partial charge in [0.2, 0.25) is 0 Å². The second-order valence-electron chi connectivity index (χ2n) is 12.3. The second kappa shape index (κ2) is 10.6. The number of hydrogen-bond acceptors (Lipinski definition) is 4. The summed E-state index contributed by atoms with van der Waals surface area (Å²) in [5.74, 6) is 12.4. The van der Waals surface area contributed by atoms with Gasteiger partial charge >= 0.3 is 0 Å². The Balaban J connectivity index is 0.974. The monoisotopic (exact) mass is 496 g/mol. The minimum absolute atomic E-state index is 1.06. The zero-order valence-corrected chi connectivity index (χ0v) is 22.7. The highest BCUT2D eigenvalue weighted by molar-refractivity contribution is 8.07. The van der Waals surface area contributed by atoms with E-state index in [4.69, 9.17) is 0 Å². The van der Waals surface area contributed by atoms with Gasteiger partial charge in [0.25, 0.3) is 0 Å². The van der Waals surface area contributed by atoms with Gasteiger partial charge in [0.05, 0.1) is 0 Å². The Morgan fingerprint density at radius 3 is 0.903 bits per heavy atom. The van der Waals surface area contributed by atoms with Gasteiger partial charge in [0, 0.05) is 44.0 Å². The molecule has 6 fully saturated rings. The summed E-state index contributed by atoms with van der Waals surface area (Å²) in [7, 11) is 0. The molecule has 0 amide bonds. The van der Waals surface area contributed by atoms with Crippen LogP contribution < -0.4 is 0 Å². The quantitative estimate of drug-likeness (QED) is 0.249. The molecule has 4 aliphatic heterocycles. The first-order valence-corrected chi connectivity index (χ1v) is 17.9. The molecule has 0 bridgehead atoms. The van der Waals surface area contributed by atoms with Crippen molar-refractivity contribution in [1.29, 1.82) is 0 Å². The van der Waals surface area contributed by atoms with E-state index in [1.165, 1.54) is 23.0 Å². The Morgan fingerprint density at radius 1 is 0.387 bits per heavy atom. The van der Waals surface area contributed by atoms with Gasteiger partial charge in [-0.15, -0.1) is 0 Å². The van der Waals surface area contributed by atoms with Crippen LogP contribution in [0.2, 0.25) is 0 Å². The first kappa shape index (κ1) is 22.8. The molecule has 176 valence electrons. The van der Waals surface area contributed by atoms with E-state index < -0.39 is 0 Å². The topological polar surface area (TPSA) is 0 Å².